The Hall–Kier alpha value is -2.01. The normalized spacial score (nSPS) is 17.8. The summed E-state index contributed by atoms with van der Waals surface area (Å²) in [6.07, 6.45) is 3.36. The molecular weight excluding hydrogens is 296 g/mol. The highest BCUT2D eigenvalue weighted by Crippen LogP contribution is 2.36. The maximum Gasteiger partial charge on any atom is 0.233 e. The van der Waals surface area contributed by atoms with Gasteiger partial charge in [0.25, 0.3) is 0 Å². The minimum absolute atomic E-state index is 0.00292. The number of carbonyl (C=O) groups is 1. The number of pyridine rings is 1. The van der Waals surface area contributed by atoms with Gasteiger partial charge in [-0.05, 0) is 49.1 Å². The molecule has 1 heterocycles. The molecule has 0 spiro atoms. The number of rotatable bonds is 4. The molecule has 0 saturated heterocycles. The molecule has 2 aromatic rings. The number of phenols is 1. The average Bonchev–Trinajstić information content (AvgIpc) is 2.93. The summed E-state index contributed by atoms with van der Waals surface area (Å²) in [5, 5.41) is 13.6. The Morgan fingerprint density at radius 3 is 3.00 bits per heavy atom. The molecule has 4 nitrogen and oxygen atoms in total. The van der Waals surface area contributed by atoms with E-state index < -0.39 is 0 Å². The van der Waals surface area contributed by atoms with E-state index in [2.05, 4.69) is 10.3 Å². The molecule has 2 atom stereocenters. The second kappa shape index (κ2) is 6.40. The van der Waals surface area contributed by atoms with Gasteiger partial charge < -0.3 is 10.4 Å². The van der Waals surface area contributed by atoms with Crippen LogP contribution < -0.4 is 5.32 Å². The smallest absolute Gasteiger partial charge is 0.233 e. The molecule has 1 aromatic heterocycles. The van der Waals surface area contributed by atoms with Gasteiger partial charge in [-0.3, -0.25) is 4.79 Å². The van der Waals surface area contributed by atoms with Crippen LogP contribution in [-0.4, -0.2) is 21.2 Å². The number of nitrogens with one attached hydrogen (secondary N) is 1. The summed E-state index contributed by atoms with van der Waals surface area (Å²) >= 11 is 1.45. The third-order valence-electron chi connectivity index (χ3n) is 3.87. The van der Waals surface area contributed by atoms with Gasteiger partial charge in [0.2, 0.25) is 5.91 Å². The van der Waals surface area contributed by atoms with Crippen LogP contribution in [0, 0.1) is 0 Å². The molecular formula is C17H18N2O2S. The lowest BCUT2D eigenvalue weighted by atomic mass is 10.1. The molecule has 0 aliphatic heterocycles. The summed E-state index contributed by atoms with van der Waals surface area (Å²) < 4.78 is 0. The van der Waals surface area contributed by atoms with Crippen LogP contribution >= 0.6 is 11.8 Å². The van der Waals surface area contributed by atoms with Gasteiger partial charge in [-0.2, -0.15) is 0 Å². The molecule has 1 amide bonds. The van der Waals surface area contributed by atoms with Gasteiger partial charge >= 0.3 is 0 Å². The first-order chi connectivity index (χ1) is 10.6. The van der Waals surface area contributed by atoms with Gasteiger partial charge in [0, 0.05) is 6.20 Å². The van der Waals surface area contributed by atoms with E-state index in [0.717, 1.165) is 29.0 Å². The Morgan fingerprint density at radius 1 is 1.36 bits per heavy atom. The van der Waals surface area contributed by atoms with Crippen molar-refractivity contribution >= 4 is 17.7 Å². The van der Waals surface area contributed by atoms with Crippen molar-refractivity contribution in [3.8, 4) is 5.75 Å². The number of amides is 1. The van der Waals surface area contributed by atoms with Crippen molar-refractivity contribution in [2.75, 3.05) is 0 Å². The number of nitrogens with zero attached hydrogens (tertiary/aromatic N) is 1. The highest BCUT2D eigenvalue weighted by molar-refractivity contribution is 8.00. The zero-order chi connectivity index (χ0) is 15.5. The van der Waals surface area contributed by atoms with Crippen LogP contribution in [0.4, 0.5) is 0 Å². The van der Waals surface area contributed by atoms with Crippen LogP contribution in [0.3, 0.4) is 0 Å². The number of fused-ring (bicyclic) bond motifs is 1. The minimum atomic E-state index is -0.212. The van der Waals surface area contributed by atoms with E-state index >= 15 is 0 Å². The SMILES string of the molecule is C[C@H](Sc1ccccn1)C(=O)N[C@@H]1CCc2c(O)cccc21. The van der Waals surface area contributed by atoms with E-state index in [1.54, 1.807) is 12.3 Å². The number of aromatic nitrogens is 1. The van der Waals surface area contributed by atoms with E-state index in [-0.39, 0.29) is 17.2 Å². The first-order valence-electron chi connectivity index (χ1n) is 7.34. The maximum atomic E-state index is 12.4. The summed E-state index contributed by atoms with van der Waals surface area (Å²) in [7, 11) is 0. The molecule has 114 valence electrons. The largest absolute Gasteiger partial charge is 0.508 e. The lowest BCUT2D eigenvalue weighted by Gasteiger charge is -2.17. The van der Waals surface area contributed by atoms with Crippen LogP contribution in [0.2, 0.25) is 0 Å². The van der Waals surface area contributed by atoms with Gasteiger partial charge in [0.05, 0.1) is 16.3 Å². The lowest BCUT2D eigenvalue weighted by Crippen LogP contribution is -2.33. The zero-order valence-electron chi connectivity index (χ0n) is 12.3. The van der Waals surface area contributed by atoms with E-state index in [4.69, 9.17) is 0 Å². The number of carbonyl (C=O) groups excluding carboxylic acids is 1. The minimum Gasteiger partial charge on any atom is -0.508 e. The molecule has 5 heteroatoms. The van der Waals surface area contributed by atoms with Crippen molar-refractivity contribution in [3.05, 3.63) is 53.7 Å². The molecule has 0 fully saturated rings. The van der Waals surface area contributed by atoms with Crippen molar-refractivity contribution in [2.45, 2.75) is 36.1 Å². The second-order valence-corrected chi connectivity index (χ2v) is 6.73. The fourth-order valence-electron chi connectivity index (χ4n) is 2.73. The number of benzene rings is 1. The predicted molar refractivity (Wildman–Crippen MR) is 86.9 cm³/mol. The van der Waals surface area contributed by atoms with Gasteiger partial charge in [-0.15, -0.1) is 0 Å². The van der Waals surface area contributed by atoms with Gasteiger partial charge in [0.1, 0.15) is 5.75 Å². The fraction of sp³-hybridized carbons (Fsp3) is 0.294. The zero-order valence-corrected chi connectivity index (χ0v) is 13.1. The average molecular weight is 314 g/mol. The summed E-state index contributed by atoms with van der Waals surface area (Å²) in [5.41, 5.74) is 1.99. The molecule has 3 rings (SSSR count). The van der Waals surface area contributed by atoms with E-state index in [0.29, 0.717) is 5.75 Å². The molecule has 0 radical (unpaired) electrons. The van der Waals surface area contributed by atoms with Crippen molar-refractivity contribution in [2.24, 2.45) is 0 Å². The molecule has 1 aliphatic rings. The lowest BCUT2D eigenvalue weighted by molar-refractivity contribution is -0.121. The van der Waals surface area contributed by atoms with Gasteiger partial charge in [-0.1, -0.05) is 30.0 Å². The van der Waals surface area contributed by atoms with Gasteiger partial charge in [0.15, 0.2) is 0 Å². The maximum absolute atomic E-state index is 12.4. The number of hydrogen-bond acceptors (Lipinski definition) is 4. The number of thioether (sulfide) groups is 1. The van der Waals surface area contributed by atoms with Crippen LogP contribution in [0.15, 0.2) is 47.6 Å². The second-order valence-electron chi connectivity index (χ2n) is 5.37. The topological polar surface area (TPSA) is 62.2 Å². The van der Waals surface area contributed by atoms with Crippen molar-refractivity contribution < 1.29 is 9.90 Å². The van der Waals surface area contributed by atoms with Crippen molar-refractivity contribution in [1.82, 2.24) is 10.3 Å². The van der Waals surface area contributed by atoms with E-state index in [1.165, 1.54) is 11.8 Å². The molecule has 0 unspecified atom stereocenters. The Morgan fingerprint density at radius 2 is 2.23 bits per heavy atom. The van der Waals surface area contributed by atoms with Crippen LogP contribution in [0.5, 0.6) is 5.75 Å². The molecule has 1 aromatic carbocycles. The number of aromatic hydroxyl groups is 1. The first kappa shape index (κ1) is 14.9. The Balaban J connectivity index is 1.65. The summed E-state index contributed by atoms with van der Waals surface area (Å²) in [5.74, 6) is 0.321. The highest BCUT2D eigenvalue weighted by Gasteiger charge is 2.27. The Bertz CT molecular complexity index is 676. The molecule has 0 saturated carbocycles. The van der Waals surface area contributed by atoms with E-state index in [9.17, 15) is 9.90 Å². The van der Waals surface area contributed by atoms with Crippen molar-refractivity contribution in [1.29, 1.82) is 0 Å². The predicted octanol–water partition coefficient (Wildman–Crippen LogP) is 3.07. The molecule has 0 bridgehead atoms. The number of phenolic OH excluding ortho intramolecular Hbond substituents is 1. The van der Waals surface area contributed by atoms with E-state index in [1.807, 2.05) is 37.3 Å². The van der Waals surface area contributed by atoms with Crippen LogP contribution in [-0.2, 0) is 11.2 Å². The quantitative estimate of drug-likeness (QED) is 0.851. The van der Waals surface area contributed by atoms with Crippen molar-refractivity contribution in [3.63, 3.8) is 0 Å². The molecule has 2 N–H and O–H groups in total. The Kier molecular flexibility index (Phi) is 4.34. The molecule has 22 heavy (non-hydrogen) atoms. The Labute approximate surface area is 134 Å². The third kappa shape index (κ3) is 3.09. The molecule has 1 aliphatic carbocycles. The number of hydrogen-bond donors (Lipinski definition) is 2. The third-order valence-corrected chi connectivity index (χ3v) is 4.92. The van der Waals surface area contributed by atoms with Crippen LogP contribution in [0.25, 0.3) is 0 Å². The van der Waals surface area contributed by atoms with Gasteiger partial charge in [-0.25, -0.2) is 4.98 Å². The van der Waals surface area contributed by atoms with Crippen LogP contribution in [0.1, 0.15) is 30.5 Å². The summed E-state index contributed by atoms with van der Waals surface area (Å²) in [4.78, 5) is 16.6. The summed E-state index contributed by atoms with van der Waals surface area (Å²) in [6.45, 7) is 1.88. The monoisotopic (exact) mass is 314 g/mol. The fourth-order valence-corrected chi connectivity index (χ4v) is 3.54. The first-order valence-corrected chi connectivity index (χ1v) is 8.22. The highest BCUT2D eigenvalue weighted by atomic mass is 32.2. The summed E-state index contributed by atoms with van der Waals surface area (Å²) in [6, 6.07) is 11.2. The standard InChI is InChI=1S/C17H18N2O2S/c1-11(22-16-7-2-3-10-18-16)17(21)19-14-9-8-13-12(14)5-4-6-15(13)20/h2-7,10-11,14,20H,8-9H2,1H3,(H,19,21)/t11-,14+/m0/s1.